The van der Waals surface area contributed by atoms with E-state index in [0.29, 0.717) is 18.0 Å². The van der Waals surface area contributed by atoms with Crippen LogP contribution in [0.3, 0.4) is 0 Å². The van der Waals surface area contributed by atoms with Gasteiger partial charge in [-0.25, -0.2) is 18.4 Å². The summed E-state index contributed by atoms with van der Waals surface area (Å²) in [6, 6.07) is 1.32. The normalized spacial score (nSPS) is 11.8. The summed E-state index contributed by atoms with van der Waals surface area (Å²) in [5.74, 6) is -3.01. The Morgan fingerprint density at radius 2 is 1.93 bits per heavy atom. The lowest BCUT2D eigenvalue weighted by molar-refractivity contribution is 0.0693. The second kappa shape index (κ2) is 9.42. The van der Waals surface area contributed by atoms with Crippen LogP contribution in [0, 0.1) is 11.6 Å². The van der Waals surface area contributed by atoms with Gasteiger partial charge in [0.15, 0.2) is 5.56 Å². The van der Waals surface area contributed by atoms with Crippen LogP contribution in [0.25, 0.3) is 0 Å². The number of hydrogen-bond acceptors (Lipinski definition) is 6. The maximum absolute atomic E-state index is 14.0. The van der Waals surface area contributed by atoms with Gasteiger partial charge in [0.2, 0.25) is 5.88 Å². The number of aliphatic hydroxyl groups excluding tert-OH is 1. The quantitative estimate of drug-likeness (QED) is 0.526. The molecule has 11 heteroatoms. The number of carbonyl (C=O) groups is 2. The summed E-state index contributed by atoms with van der Waals surface area (Å²) in [5, 5.41) is 23.1. The second-order valence-corrected chi connectivity index (χ2v) is 6.63. The first-order valence-corrected chi connectivity index (χ1v) is 9.05. The van der Waals surface area contributed by atoms with Gasteiger partial charge in [0.25, 0.3) is 0 Å². The Kier molecular flexibility index (Phi) is 7.24. The summed E-state index contributed by atoms with van der Waals surface area (Å²) in [5.41, 5.74) is -0.290. The number of nitrogens with one attached hydrogen (secondary N) is 2. The van der Waals surface area contributed by atoms with Crippen LogP contribution in [-0.4, -0.2) is 39.2 Å². The van der Waals surface area contributed by atoms with Gasteiger partial charge in [-0.1, -0.05) is 6.92 Å². The highest BCUT2D eigenvalue weighted by Crippen LogP contribution is 2.31. The Bertz CT molecular complexity index is 873. The van der Waals surface area contributed by atoms with Gasteiger partial charge in [-0.15, -0.1) is 0 Å². The molecule has 0 saturated carbocycles. The standard InChI is InChI=1S/C17H19F2N3O5S/c1-3-9-4-12(19)10(5-11(9)18)7-27-14-13(16(24)25)15(28-22-14)21-17(26)20-6-8(2)23/h4-5,8,23H,3,6-7H2,1-2H3,(H,24,25)(H2,20,21,26). The minimum absolute atomic E-state index is 0.0327. The number of urea groups is 1. The number of aryl methyl sites for hydroxylation is 1. The number of halogens is 2. The maximum atomic E-state index is 14.0. The molecule has 0 radical (unpaired) electrons. The van der Waals surface area contributed by atoms with Crippen molar-refractivity contribution in [3.05, 3.63) is 40.5 Å². The number of ether oxygens (including phenoxy) is 1. The molecule has 1 aromatic carbocycles. The van der Waals surface area contributed by atoms with Gasteiger partial charge in [-0.3, -0.25) is 5.32 Å². The molecule has 1 atom stereocenters. The third kappa shape index (κ3) is 5.36. The van der Waals surface area contributed by atoms with Crippen LogP contribution < -0.4 is 15.4 Å². The third-order valence-electron chi connectivity index (χ3n) is 3.62. The Labute approximate surface area is 163 Å². The average Bonchev–Trinajstić information content (AvgIpc) is 3.02. The van der Waals surface area contributed by atoms with Crippen molar-refractivity contribution in [1.82, 2.24) is 9.69 Å². The fourth-order valence-electron chi connectivity index (χ4n) is 2.19. The summed E-state index contributed by atoms with van der Waals surface area (Å²) in [4.78, 5) is 23.3. The van der Waals surface area contributed by atoms with E-state index in [9.17, 15) is 23.5 Å². The highest BCUT2D eigenvalue weighted by molar-refractivity contribution is 7.11. The zero-order valence-electron chi connectivity index (χ0n) is 15.1. The van der Waals surface area contributed by atoms with E-state index in [1.165, 1.54) is 6.92 Å². The predicted molar refractivity (Wildman–Crippen MR) is 97.8 cm³/mol. The molecule has 0 spiro atoms. The number of anilines is 1. The number of benzene rings is 1. The van der Waals surface area contributed by atoms with Crippen LogP contribution in [0.5, 0.6) is 5.88 Å². The van der Waals surface area contributed by atoms with E-state index in [4.69, 9.17) is 9.84 Å². The van der Waals surface area contributed by atoms with Crippen molar-refractivity contribution in [3.8, 4) is 5.88 Å². The highest BCUT2D eigenvalue weighted by Gasteiger charge is 2.24. The number of hydrogen-bond donors (Lipinski definition) is 4. The summed E-state index contributed by atoms with van der Waals surface area (Å²) < 4.78 is 36.9. The van der Waals surface area contributed by atoms with Gasteiger partial charge in [-0.05, 0) is 42.6 Å². The molecule has 0 aliphatic heterocycles. The number of nitrogens with zero attached hydrogens (tertiary/aromatic N) is 1. The molecule has 1 unspecified atom stereocenters. The average molecular weight is 415 g/mol. The van der Waals surface area contributed by atoms with Crippen LogP contribution in [0.2, 0.25) is 0 Å². The molecular weight excluding hydrogens is 396 g/mol. The monoisotopic (exact) mass is 415 g/mol. The van der Waals surface area contributed by atoms with Crippen molar-refractivity contribution >= 4 is 28.5 Å². The Balaban J connectivity index is 2.14. The van der Waals surface area contributed by atoms with Gasteiger partial charge in [0.1, 0.15) is 23.2 Å². The number of aromatic nitrogens is 1. The minimum Gasteiger partial charge on any atom is -0.477 e. The Morgan fingerprint density at radius 1 is 1.29 bits per heavy atom. The van der Waals surface area contributed by atoms with Crippen molar-refractivity contribution in [2.45, 2.75) is 33.0 Å². The molecule has 0 aliphatic rings. The van der Waals surface area contributed by atoms with Crippen LogP contribution in [-0.2, 0) is 13.0 Å². The van der Waals surface area contributed by atoms with Crippen molar-refractivity contribution in [1.29, 1.82) is 0 Å². The maximum Gasteiger partial charge on any atom is 0.344 e. The van der Waals surface area contributed by atoms with Gasteiger partial charge in [-0.2, -0.15) is 4.37 Å². The molecule has 1 heterocycles. The molecule has 152 valence electrons. The summed E-state index contributed by atoms with van der Waals surface area (Å²) in [6.07, 6.45) is -0.454. The summed E-state index contributed by atoms with van der Waals surface area (Å²) in [7, 11) is 0. The van der Waals surface area contributed by atoms with E-state index in [1.54, 1.807) is 6.92 Å². The van der Waals surface area contributed by atoms with Crippen LogP contribution >= 0.6 is 11.5 Å². The van der Waals surface area contributed by atoms with Crippen molar-refractivity contribution in [3.63, 3.8) is 0 Å². The summed E-state index contributed by atoms with van der Waals surface area (Å²) >= 11 is 0.658. The lowest BCUT2D eigenvalue weighted by Gasteiger charge is -2.09. The second-order valence-electron chi connectivity index (χ2n) is 5.86. The number of carboxylic acid groups (broad SMARTS) is 1. The molecule has 8 nitrogen and oxygen atoms in total. The van der Waals surface area contributed by atoms with Crippen molar-refractivity contribution in [2.75, 3.05) is 11.9 Å². The van der Waals surface area contributed by atoms with Gasteiger partial charge >= 0.3 is 12.0 Å². The fraction of sp³-hybridized carbons (Fsp3) is 0.353. The first-order chi connectivity index (χ1) is 13.2. The van der Waals surface area contributed by atoms with Crippen molar-refractivity contribution < 1.29 is 33.3 Å². The van der Waals surface area contributed by atoms with E-state index in [1.807, 2.05) is 0 Å². The molecule has 28 heavy (non-hydrogen) atoms. The number of carbonyl (C=O) groups excluding carboxylic acids is 1. The van der Waals surface area contributed by atoms with E-state index >= 15 is 0 Å². The molecule has 0 saturated heterocycles. The fourth-order valence-corrected chi connectivity index (χ4v) is 2.91. The number of aromatic carboxylic acids is 1. The third-order valence-corrected chi connectivity index (χ3v) is 4.37. The lowest BCUT2D eigenvalue weighted by Crippen LogP contribution is -2.34. The van der Waals surface area contributed by atoms with E-state index in [-0.39, 0.29) is 28.6 Å². The van der Waals surface area contributed by atoms with Gasteiger partial charge in [0.05, 0.1) is 6.10 Å². The number of carboxylic acids is 1. The van der Waals surface area contributed by atoms with Gasteiger partial charge in [0, 0.05) is 12.1 Å². The molecule has 4 N–H and O–H groups in total. The first-order valence-electron chi connectivity index (χ1n) is 8.28. The lowest BCUT2D eigenvalue weighted by atomic mass is 10.1. The number of rotatable bonds is 8. The topological polar surface area (TPSA) is 121 Å². The summed E-state index contributed by atoms with van der Waals surface area (Å²) in [6.45, 7) is 2.68. The molecule has 0 aliphatic carbocycles. The Hall–Kier alpha value is -2.79. The molecule has 0 fully saturated rings. The SMILES string of the molecule is CCc1cc(F)c(COc2nsc(NC(=O)NCC(C)O)c2C(=O)O)cc1F. The smallest absolute Gasteiger partial charge is 0.344 e. The number of amides is 2. The predicted octanol–water partition coefficient (Wildman–Crippen LogP) is 2.76. The van der Waals surface area contributed by atoms with Crippen molar-refractivity contribution in [2.24, 2.45) is 0 Å². The molecule has 2 aromatic rings. The zero-order chi connectivity index (χ0) is 20.8. The van der Waals surface area contributed by atoms with E-state index in [2.05, 4.69) is 15.0 Å². The van der Waals surface area contributed by atoms with E-state index in [0.717, 1.165) is 12.1 Å². The molecule has 2 amide bonds. The number of aliphatic hydroxyl groups is 1. The Morgan fingerprint density at radius 3 is 2.54 bits per heavy atom. The minimum atomic E-state index is -1.41. The molecule has 1 aromatic heterocycles. The molecule has 2 rings (SSSR count). The molecular formula is C17H19F2N3O5S. The van der Waals surface area contributed by atoms with Crippen LogP contribution in [0.15, 0.2) is 12.1 Å². The van der Waals surface area contributed by atoms with Crippen LogP contribution in [0.1, 0.15) is 35.3 Å². The van der Waals surface area contributed by atoms with E-state index < -0.39 is 41.9 Å². The molecule has 0 bridgehead atoms. The zero-order valence-corrected chi connectivity index (χ0v) is 15.9. The largest absolute Gasteiger partial charge is 0.477 e. The highest BCUT2D eigenvalue weighted by atomic mass is 32.1. The van der Waals surface area contributed by atoms with Gasteiger partial charge < -0.3 is 20.3 Å². The first kappa shape index (κ1) is 21.5. The van der Waals surface area contributed by atoms with Crippen LogP contribution in [0.4, 0.5) is 18.6 Å².